The van der Waals surface area contributed by atoms with E-state index in [1.165, 1.54) is 10.7 Å². The van der Waals surface area contributed by atoms with Crippen LogP contribution in [0.5, 0.6) is 5.75 Å². The second-order valence-electron chi connectivity index (χ2n) is 7.97. The highest BCUT2D eigenvalue weighted by Gasteiger charge is 2.48. The summed E-state index contributed by atoms with van der Waals surface area (Å²) in [5, 5.41) is 5.15. The third-order valence-electron chi connectivity index (χ3n) is 6.20. The van der Waals surface area contributed by atoms with Crippen molar-refractivity contribution < 1.29 is 4.74 Å². The fraction of sp³-hybridized carbons (Fsp3) is 0.478. The van der Waals surface area contributed by atoms with Crippen LogP contribution in [-0.2, 0) is 5.41 Å². The molecule has 1 aromatic carbocycles. The van der Waals surface area contributed by atoms with E-state index in [1.807, 2.05) is 30.1 Å². The number of amidine groups is 1. The molecule has 1 aromatic heterocycles. The molecule has 154 valence electrons. The molecule has 5 nitrogen and oxygen atoms in total. The lowest BCUT2D eigenvalue weighted by Crippen LogP contribution is -2.41. The molecule has 4 rings (SSSR count). The number of benzene rings is 1. The minimum absolute atomic E-state index is 0.0848. The molecule has 2 aliphatic heterocycles. The van der Waals surface area contributed by atoms with Gasteiger partial charge in [-0.25, -0.2) is 4.98 Å². The van der Waals surface area contributed by atoms with Gasteiger partial charge in [0.15, 0.2) is 5.17 Å². The van der Waals surface area contributed by atoms with E-state index in [0.717, 1.165) is 42.3 Å². The smallest absolute Gasteiger partial charge is 0.159 e. The second kappa shape index (κ2) is 7.90. The molecule has 1 N–H and O–H groups in total. The number of methoxy groups -OCH3 is 1. The number of aromatic nitrogens is 1. The Labute approximate surface area is 178 Å². The van der Waals surface area contributed by atoms with Crippen molar-refractivity contribution in [2.45, 2.75) is 44.4 Å². The Bertz CT molecular complexity index is 927. The number of rotatable bonds is 5. The molecule has 0 saturated heterocycles. The van der Waals surface area contributed by atoms with Crippen LogP contribution in [0.3, 0.4) is 0 Å². The molecule has 3 heterocycles. The van der Waals surface area contributed by atoms with E-state index in [2.05, 4.69) is 56.1 Å². The van der Waals surface area contributed by atoms with Gasteiger partial charge in [-0.2, -0.15) is 0 Å². The van der Waals surface area contributed by atoms with E-state index in [-0.39, 0.29) is 11.5 Å². The van der Waals surface area contributed by atoms with Crippen LogP contribution in [0.4, 0.5) is 5.82 Å². The minimum Gasteiger partial charge on any atom is -0.497 e. The lowest BCUT2D eigenvalue weighted by molar-refractivity contribution is 0.405. The Morgan fingerprint density at radius 1 is 1.24 bits per heavy atom. The topological polar surface area (TPSA) is 49.8 Å². The van der Waals surface area contributed by atoms with Crippen LogP contribution in [0.25, 0.3) is 11.1 Å². The van der Waals surface area contributed by atoms with Gasteiger partial charge in [-0.3, -0.25) is 4.99 Å². The van der Waals surface area contributed by atoms with Gasteiger partial charge < -0.3 is 15.0 Å². The maximum atomic E-state index is 5.40. The molecule has 2 aromatic rings. The van der Waals surface area contributed by atoms with E-state index in [0.29, 0.717) is 5.25 Å². The summed E-state index contributed by atoms with van der Waals surface area (Å²) in [4.78, 5) is 12.3. The number of hydrogen-bond acceptors (Lipinski definition) is 6. The maximum absolute atomic E-state index is 5.40. The van der Waals surface area contributed by atoms with Crippen LogP contribution in [0.15, 0.2) is 41.5 Å². The summed E-state index contributed by atoms with van der Waals surface area (Å²) < 4.78 is 5.40. The van der Waals surface area contributed by atoms with Gasteiger partial charge in [-0.05, 0) is 37.6 Å². The van der Waals surface area contributed by atoms with Crippen molar-refractivity contribution in [2.24, 2.45) is 4.99 Å². The first kappa shape index (κ1) is 20.1. The van der Waals surface area contributed by atoms with E-state index < -0.39 is 0 Å². The van der Waals surface area contributed by atoms with Crippen molar-refractivity contribution >= 4 is 22.7 Å². The molecule has 29 heavy (non-hydrogen) atoms. The Balaban J connectivity index is 1.72. The van der Waals surface area contributed by atoms with E-state index >= 15 is 0 Å². The number of nitrogens with one attached hydrogen (secondary N) is 1. The van der Waals surface area contributed by atoms with E-state index in [1.54, 1.807) is 7.11 Å². The molecule has 0 radical (unpaired) electrons. The highest BCUT2D eigenvalue weighted by Crippen LogP contribution is 2.46. The van der Waals surface area contributed by atoms with Gasteiger partial charge in [-0.15, -0.1) is 0 Å². The molecule has 3 unspecified atom stereocenters. The Hall–Kier alpha value is -2.21. The van der Waals surface area contributed by atoms with Crippen LogP contribution in [0, 0.1) is 0 Å². The SMILES string of the molecule is CCN(CC)C1=NC(C2(C)CNc3ncc(-c4cccc(OC)c4)cc32)C(C)S1. The summed E-state index contributed by atoms with van der Waals surface area (Å²) in [6, 6.07) is 10.7. The van der Waals surface area contributed by atoms with E-state index in [9.17, 15) is 0 Å². The molecule has 0 spiro atoms. The molecule has 0 saturated carbocycles. The number of aliphatic imine (C=N–C) groups is 1. The summed E-state index contributed by atoms with van der Waals surface area (Å²) in [7, 11) is 1.70. The first-order chi connectivity index (χ1) is 14.0. The zero-order chi connectivity index (χ0) is 20.6. The second-order valence-corrected chi connectivity index (χ2v) is 9.32. The third kappa shape index (κ3) is 3.48. The minimum atomic E-state index is -0.0848. The van der Waals surface area contributed by atoms with E-state index in [4.69, 9.17) is 14.7 Å². The fourth-order valence-corrected chi connectivity index (χ4v) is 5.83. The van der Waals surface area contributed by atoms with Crippen LogP contribution in [-0.4, -0.2) is 53.1 Å². The molecular weight excluding hydrogens is 380 g/mol. The average Bonchev–Trinajstić information content (AvgIpc) is 3.30. The largest absolute Gasteiger partial charge is 0.497 e. The van der Waals surface area contributed by atoms with Gasteiger partial charge in [0.25, 0.3) is 0 Å². The summed E-state index contributed by atoms with van der Waals surface area (Å²) >= 11 is 1.91. The van der Waals surface area contributed by atoms with Crippen molar-refractivity contribution in [3.05, 3.63) is 42.1 Å². The van der Waals surface area contributed by atoms with Gasteiger partial charge in [0, 0.05) is 47.6 Å². The maximum Gasteiger partial charge on any atom is 0.159 e. The zero-order valence-corrected chi connectivity index (χ0v) is 18.7. The summed E-state index contributed by atoms with van der Waals surface area (Å²) in [5.74, 6) is 1.85. The number of hydrogen-bond donors (Lipinski definition) is 1. The van der Waals surface area contributed by atoms with Crippen LogP contribution < -0.4 is 10.1 Å². The highest BCUT2D eigenvalue weighted by molar-refractivity contribution is 8.14. The normalized spacial score (nSPS) is 25.3. The average molecular weight is 411 g/mol. The predicted molar refractivity (Wildman–Crippen MR) is 123 cm³/mol. The first-order valence-corrected chi connectivity index (χ1v) is 11.3. The summed E-state index contributed by atoms with van der Waals surface area (Å²) in [5.41, 5.74) is 3.41. The van der Waals surface area contributed by atoms with Gasteiger partial charge in [0.1, 0.15) is 11.6 Å². The quantitative estimate of drug-likeness (QED) is 0.778. The zero-order valence-electron chi connectivity index (χ0n) is 17.9. The highest BCUT2D eigenvalue weighted by atomic mass is 32.2. The summed E-state index contributed by atoms with van der Waals surface area (Å²) in [6.07, 6.45) is 1.95. The van der Waals surface area contributed by atoms with Gasteiger partial charge in [-0.1, -0.05) is 37.7 Å². The Morgan fingerprint density at radius 2 is 2.03 bits per heavy atom. The molecule has 3 atom stereocenters. The van der Waals surface area contributed by atoms with Crippen LogP contribution >= 0.6 is 11.8 Å². The van der Waals surface area contributed by atoms with Crippen molar-refractivity contribution in [1.82, 2.24) is 9.88 Å². The number of anilines is 1. The van der Waals surface area contributed by atoms with Gasteiger partial charge >= 0.3 is 0 Å². The molecule has 2 aliphatic rings. The third-order valence-corrected chi connectivity index (χ3v) is 7.41. The first-order valence-electron chi connectivity index (χ1n) is 10.4. The van der Waals surface area contributed by atoms with Crippen molar-refractivity contribution in [2.75, 3.05) is 32.1 Å². The Kier molecular flexibility index (Phi) is 5.47. The molecule has 0 fully saturated rings. The lowest BCUT2D eigenvalue weighted by atomic mass is 9.76. The van der Waals surface area contributed by atoms with Crippen molar-refractivity contribution in [3.63, 3.8) is 0 Å². The molecule has 0 amide bonds. The molecular formula is C23H30N4OS. The van der Waals surface area contributed by atoms with Crippen molar-refractivity contribution in [3.8, 4) is 16.9 Å². The lowest BCUT2D eigenvalue weighted by Gasteiger charge is -2.31. The Morgan fingerprint density at radius 3 is 2.76 bits per heavy atom. The molecule has 6 heteroatoms. The number of nitrogens with zero attached hydrogens (tertiary/aromatic N) is 3. The fourth-order valence-electron chi connectivity index (χ4n) is 4.42. The van der Waals surface area contributed by atoms with Gasteiger partial charge in [0.05, 0.1) is 13.2 Å². The van der Waals surface area contributed by atoms with Gasteiger partial charge in [0.2, 0.25) is 0 Å². The number of thioether (sulfide) groups is 1. The monoisotopic (exact) mass is 410 g/mol. The predicted octanol–water partition coefficient (Wildman–Crippen LogP) is 4.64. The summed E-state index contributed by atoms with van der Waals surface area (Å²) in [6.45, 7) is 11.9. The van der Waals surface area contributed by atoms with Crippen molar-refractivity contribution in [1.29, 1.82) is 0 Å². The molecule has 0 bridgehead atoms. The molecule has 0 aliphatic carbocycles. The number of pyridine rings is 1. The standard InChI is InChI=1S/C23H30N4OS/c1-6-27(7-2)22-26-20(15(3)29-22)23(4)14-25-21-19(23)12-17(13-24-21)16-9-8-10-18(11-16)28-5/h8-13,15,20H,6-7,14H2,1-5H3,(H,24,25). The number of fused-ring (bicyclic) bond motifs is 1. The number of ether oxygens (including phenoxy) is 1. The van der Waals surface area contributed by atoms with Crippen LogP contribution in [0.2, 0.25) is 0 Å². The van der Waals surface area contributed by atoms with Crippen LogP contribution in [0.1, 0.15) is 33.3 Å².